The van der Waals surface area contributed by atoms with Crippen LogP contribution in [0.1, 0.15) is 5.56 Å². The number of hydrogen-bond donors (Lipinski definition) is 1. The Hall–Kier alpha value is -0.820. The van der Waals surface area contributed by atoms with Gasteiger partial charge in [-0.2, -0.15) is 13.5 Å². The molecule has 0 aliphatic heterocycles. The first-order chi connectivity index (χ1) is 9.65. The zero-order chi connectivity index (χ0) is 14.4. The van der Waals surface area contributed by atoms with Gasteiger partial charge in [0.15, 0.2) is 0 Å². The third kappa shape index (κ3) is 6.22. The molecule has 0 fully saturated rings. The second kappa shape index (κ2) is 9.25. The molecule has 1 N–H and O–H groups in total. The maximum Gasteiger partial charge on any atom is 0.146 e. The van der Waals surface area contributed by atoms with Gasteiger partial charge in [-0.1, -0.05) is 30.3 Å². The SMILES string of the molecule is CN(C)SOc1ccc(NCc2ccccc2)c(Br)c1.S. The predicted octanol–water partition coefficient (Wildman–Crippen LogP) is 4.68. The van der Waals surface area contributed by atoms with Gasteiger partial charge in [0, 0.05) is 30.8 Å². The van der Waals surface area contributed by atoms with E-state index in [9.17, 15) is 0 Å². The Labute approximate surface area is 146 Å². The molecule has 0 radical (unpaired) electrons. The molecule has 0 aliphatic rings. The lowest BCUT2D eigenvalue weighted by atomic mass is 10.2. The summed E-state index contributed by atoms with van der Waals surface area (Å²) in [6.07, 6.45) is 0. The van der Waals surface area contributed by atoms with E-state index in [1.54, 1.807) is 0 Å². The van der Waals surface area contributed by atoms with Gasteiger partial charge in [-0.3, -0.25) is 0 Å². The molecule has 0 saturated heterocycles. The molecule has 0 unspecified atom stereocenters. The van der Waals surface area contributed by atoms with Crippen molar-refractivity contribution in [2.75, 3.05) is 19.4 Å². The van der Waals surface area contributed by atoms with Crippen LogP contribution in [-0.2, 0) is 6.54 Å². The van der Waals surface area contributed by atoms with Crippen LogP contribution < -0.4 is 9.50 Å². The fourth-order valence-electron chi connectivity index (χ4n) is 1.60. The minimum Gasteiger partial charge on any atom is -0.409 e. The van der Waals surface area contributed by atoms with Crippen LogP contribution in [0.5, 0.6) is 5.75 Å². The van der Waals surface area contributed by atoms with Crippen LogP contribution in [0.4, 0.5) is 5.69 Å². The van der Waals surface area contributed by atoms with Gasteiger partial charge in [0.2, 0.25) is 0 Å². The van der Waals surface area contributed by atoms with Crippen molar-refractivity contribution in [2.24, 2.45) is 0 Å². The van der Waals surface area contributed by atoms with Crippen LogP contribution in [0.25, 0.3) is 0 Å². The summed E-state index contributed by atoms with van der Waals surface area (Å²) in [6.45, 7) is 0.798. The first kappa shape index (κ1) is 18.2. The third-order valence-electron chi connectivity index (χ3n) is 2.55. The highest BCUT2D eigenvalue weighted by Crippen LogP contribution is 2.29. The molecule has 0 amide bonds. The first-order valence-electron chi connectivity index (χ1n) is 6.24. The van der Waals surface area contributed by atoms with Crippen molar-refractivity contribution in [2.45, 2.75) is 6.54 Å². The summed E-state index contributed by atoms with van der Waals surface area (Å²) in [5.74, 6) is 0.820. The summed E-state index contributed by atoms with van der Waals surface area (Å²) in [5.41, 5.74) is 2.30. The maximum atomic E-state index is 5.55. The lowest BCUT2D eigenvalue weighted by Crippen LogP contribution is -2.02. The number of benzene rings is 2. The van der Waals surface area contributed by atoms with Crippen LogP contribution in [0.3, 0.4) is 0 Å². The van der Waals surface area contributed by atoms with Crippen LogP contribution in [0.2, 0.25) is 0 Å². The second-order valence-corrected chi connectivity index (χ2v) is 6.35. The molecule has 6 heteroatoms. The van der Waals surface area contributed by atoms with Crippen molar-refractivity contribution in [1.82, 2.24) is 4.31 Å². The summed E-state index contributed by atoms with van der Waals surface area (Å²) >= 11 is 4.86. The van der Waals surface area contributed by atoms with Gasteiger partial charge in [0.1, 0.15) is 18.0 Å². The molecule has 2 aromatic carbocycles. The molecule has 114 valence electrons. The van der Waals surface area contributed by atoms with E-state index in [1.165, 1.54) is 17.8 Å². The molecule has 0 aromatic heterocycles. The zero-order valence-electron chi connectivity index (χ0n) is 12.0. The Morgan fingerprint density at radius 1 is 1.14 bits per heavy atom. The summed E-state index contributed by atoms with van der Waals surface area (Å²) in [6, 6.07) is 16.2. The number of rotatable bonds is 6. The molecule has 0 aliphatic carbocycles. The fraction of sp³-hybridized carbons (Fsp3) is 0.200. The lowest BCUT2D eigenvalue weighted by molar-refractivity contribution is 0.575. The number of nitrogens with zero attached hydrogens (tertiary/aromatic N) is 1. The van der Waals surface area contributed by atoms with Crippen molar-refractivity contribution >= 4 is 47.3 Å². The van der Waals surface area contributed by atoms with Crippen molar-refractivity contribution in [3.8, 4) is 5.75 Å². The van der Waals surface area contributed by atoms with E-state index >= 15 is 0 Å². The Bertz CT molecular complexity index is 553. The largest absolute Gasteiger partial charge is 0.409 e. The normalized spacial score (nSPS) is 10.1. The molecule has 0 atom stereocenters. The van der Waals surface area contributed by atoms with Gasteiger partial charge in [0.05, 0.1) is 0 Å². The Morgan fingerprint density at radius 3 is 2.48 bits per heavy atom. The van der Waals surface area contributed by atoms with Crippen molar-refractivity contribution < 1.29 is 4.18 Å². The van der Waals surface area contributed by atoms with Gasteiger partial charge >= 0.3 is 0 Å². The molecule has 0 spiro atoms. The second-order valence-electron chi connectivity index (χ2n) is 4.45. The molecular formula is C15H19BrN2OS2. The van der Waals surface area contributed by atoms with Crippen LogP contribution in [-0.4, -0.2) is 18.4 Å². The van der Waals surface area contributed by atoms with Gasteiger partial charge in [-0.05, 0) is 39.7 Å². The van der Waals surface area contributed by atoms with Crippen molar-refractivity contribution in [1.29, 1.82) is 0 Å². The fourth-order valence-corrected chi connectivity index (χ4v) is 2.44. The third-order valence-corrected chi connectivity index (χ3v) is 3.77. The maximum absolute atomic E-state index is 5.55. The summed E-state index contributed by atoms with van der Waals surface area (Å²) in [7, 11) is 3.88. The molecule has 0 saturated carbocycles. The average Bonchev–Trinajstić information content (AvgIpc) is 2.45. The van der Waals surface area contributed by atoms with E-state index in [-0.39, 0.29) is 13.5 Å². The Balaban J connectivity index is 0.00000220. The molecule has 0 heterocycles. The van der Waals surface area contributed by atoms with Gasteiger partial charge < -0.3 is 9.50 Å². The predicted molar refractivity (Wildman–Crippen MR) is 100 cm³/mol. The Morgan fingerprint density at radius 2 is 1.86 bits per heavy atom. The van der Waals surface area contributed by atoms with E-state index < -0.39 is 0 Å². The monoisotopic (exact) mass is 386 g/mol. The number of halogens is 1. The van der Waals surface area contributed by atoms with Crippen LogP contribution in [0.15, 0.2) is 53.0 Å². The molecular weight excluding hydrogens is 368 g/mol. The molecule has 21 heavy (non-hydrogen) atoms. The standard InChI is InChI=1S/C15H17BrN2OS.H2S/c1-18(2)20-19-13-8-9-15(14(16)10-13)17-11-12-6-4-3-5-7-12;/h3-10,17H,11H2,1-2H3;1H2. The number of nitrogens with one attached hydrogen (secondary N) is 1. The highest BCUT2D eigenvalue weighted by atomic mass is 79.9. The molecule has 3 nitrogen and oxygen atoms in total. The van der Waals surface area contributed by atoms with E-state index in [2.05, 4.69) is 33.4 Å². The van der Waals surface area contributed by atoms with Gasteiger partial charge in [0.25, 0.3) is 0 Å². The van der Waals surface area contributed by atoms with Crippen molar-refractivity contribution in [3.63, 3.8) is 0 Å². The molecule has 2 aromatic rings. The minimum absolute atomic E-state index is 0. The highest BCUT2D eigenvalue weighted by molar-refractivity contribution is 9.10. The Kier molecular flexibility index (Phi) is 8.03. The summed E-state index contributed by atoms with van der Waals surface area (Å²) < 4.78 is 8.44. The smallest absolute Gasteiger partial charge is 0.146 e. The van der Waals surface area contributed by atoms with E-state index in [0.717, 1.165) is 22.5 Å². The summed E-state index contributed by atoms with van der Waals surface area (Å²) in [4.78, 5) is 0. The number of hydrogen-bond acceptors (Lipinski definition) is 4. The quantitative estimate of drug-likeness (QED) is 0.575. The average molecular weight is 387 g/mol. The molecule has 2 rings (SSSR count). The highest BCUT2D eigenvalue weighted by Gasteiger charge is 2.03. The van der Waals surface area contributed by atoms with Gasteiger partial charge in [-0.25, -0.2) is 4.31 Å². The van der Waals surface area contributed by atoms with E-state index in [0.29, 0.717) is 0 Å². The minimum atomic E-state index is 0. The van der Waals surface area contributed by atoms with Crippen LogP contribution in [0, 0.1) is 0 Å². The summed E-state index contributed by atoms with van der Waals surface area (Å²) in [5, 5.41) is 3.40. The van der Waals surface area contributed by atoms with Gasteiger partial charge in [-0.15, -0.1) is 0 Å². The molecule has 0 bridgehead atoms. The van der Waals surface area contributed by atoms with Crippen molar-refractivity contribution in [3.05, 3.63) is 58.6 Å². The van der Waals surface area contributed by atoms with Crippen LogP contribution >= 0.6 is 41.7 Å². The first-order valence-corrected chi connectivity index (χ1v) is 7.73. The topological polar surface area (TPSA) is 24.5 Å². The van der Waals surface area contributed by atoms with E-state index in [1.807, 2.05) is 54.8 Å². The zero-order valence-corrected chi connectivity index (χ0v) is 15.4. The number of anilines is 1. The lowest BCUT2D eigenvalue weighted by Gasteiger charge is -2.12. The van der Waals surface area contributed by atoms with E-state index in [4.69, 9.17) is 4.18 Å².